The monoisotopic (exact) mass is 519 g/mol. The molecule has 16 heteroatoms. The van der Waals surface area contributed by atoms with Crippen LogP contribution in [0.15, 0.2) is 0 Å². The Morgan fingerprint density at radius 2 is 1.24 bits per heavy atom. The van der Waals surface area contributed by atoms with Crippen LogP contribution >= 0.6 is 11.3 Å². The van der Waals surface area contributed by atoms with Gasteiger partial charge in [-0.1, -0.05) is 0 Å². The second-order valence-electron chi connectivity index (χ2n) is 7.39. The number of alkyl halides is 11. The molecular weight excluding hydrogens is 507 g/mol. The molecule has 0 bridgehead atoms. The highest BCUT2D eigenvalue weighted by Gasteiger charge is 3.02. The van der Waals surface area contributed by atoms with Gasteiger partial charge in [-0.25, -0.2) is 9.18 Å². The van der Waals surface area contributed by atoms with Gasteiger partial charge in [-0.05, 0) is 31.2 Å². The zero-order valence-electron chi connectivity index (χ0n) is 16.1. The van der Waals surface area contributed by atoms with Crippen LogP contribution in [0.1, 0.15) is 33.6 Å². The quantitative estimate of drug-likeness (QED) is 0.439. The Balaban J connectivity index is 2.17. The Labute approximate surface area is 181 Å². The Morgan fingerprint density at radius 3 is 1.73 bits per heavy atom. The molecule has 1 aromatic rings. The molecule has 33 heavy (non-hydrogen) atoms. The van der Waals surface area contributed by atoms with Gasteiger partial charge in [-0.15, -0.1) is 11.3 Å². The Bertz CT molecular complexity index is 975. The van der Waals surface area contributed by atoms with Gasteiger partial charge in [0.2, 0.25) is 0 Å². The van der Waals surface area contributed by atoms with E-state index < -0.39 is 57.7 Å². The van der Waals surface area contributed by atoms with Crippen molar-refractivity contribution < 1.29 is 62.6 Å². The average Bonchev–Trinajstić information content (AvgIpc) is 3.08. The number of halogens is 11. The number of anilines is 1. The van der Waals surface area contributed by atoms with Crippen molar-refractivity contribution in [3.8, 4) is 0 Å². The first kappa shape index (κ1) is 25.5. The van der Waals surface area contributed by atoms with Crippen molar-refractivity contribution in [3.63, 3.8) is 0 Å². The molecule has 0 saturated heterocycles. The van der Waals surface area contributed by atoms with Gasteiger partial charge in [0.1, 0.15) is 5.00 Å². The van der Waals surface area contributed by atoms with E-state index in [1.165, 1.54) is 0 Å². The van der Waals surface area contributed by atoms with Crippen LogP contribution in [0.2, 0.25) is 0 Å². The molecule has 4 nitrogen and oxygen atoms in total. The highest BCUT2D eigenvalue weighted by Crippen LogP contribution is 2.69. The van der Waals surface area contributed by atoms with E-state index in [0.717, 1.165) is 12.4 Å². The predicted molar refractivity (Wildman–Crippen MR) is 89.5 cm³/mol. The van der Waals surface area contributed by atoms with Crippen LogP contribution < -0.4 is 5.32 Å². The van der Waals surface area contributed by atoms with E-state index in [2.05, 4.69) is 4.74 Å². The van der Waals surface area contributed by atoms with Gasteiger partial charge in [0, 0.05) is 4.88 Å². The van der Waals surface area contributed by atoms with Crippen molar-refractivity contribution >= 4 is 28.2 Å². The molecule has 1 aromatic heterocycles. The van der Waals surface area contributed by atoms with Crippen LogP contribution in [-0.4, -0.2) is 54.3 Å². The molecule has 0 atom stereocenters. The average molecular weight is 519 g/mol. The summed E-state index contributed by atoms with van der Waals surface area (Å²) in [5.41, 5.74) is -7.29. The van der Waals surface area contributed by atoms with E-state index in [9.17, 15) is 57.9 Å². The van der Waals surface area contributed by atoms with E-state index in [0.29, 0.717) is 29.1 Å². The van der Waals surface area contributed by atoms with Crippen LogP contribution in [-0.2, 0) is 22.4 Å². The molecular formula is C17H12F11NO3S. The number of carbonyl (C=O) groups is 2. The number of rotatable bonds is 3. The smallest absolute Gasteiger partial charge is 0.384 e. The lowest BCUT2D eigenvalue weighted by Gasteiger charge is -2.51. The molecule has 1 fully saturated rings. The molecule has 0 aromatic carbocycles. The highest BCUT2D eigenvalue weighted by molar-refractivity contribution is 7.17. The summed E-state index contributed by atoms with van der Waals surface area (Å²) in [4.78, 5) is 24.5. The molecule has 0 radical (unpaired) electrons. The first-order valence-electron chi connectivity index (χ1n) is 8.96. The van der Waals surface area contributed by atoms with Crippen molar-refractivity contribution in [3.05, 3.63) is 16.0 Å². The number of aryl methyl sites for hydroxylation is 1. The SMILES string of the molecule is COC(=O)c1c(NC(=O)C2(F)C(F)(F)C(F)(F)C(F)(F)C(F)(F)C2(F)F)sc2c1CCCC2. The fraction of sp³-hybridized carbons (Fsp3) is 0.647. The second kappa shape index (κ2) is 7.18. The minimum absolute atomic E-state index is 0.140. The topological polar surface area (TPSA) is 55.4 Å². The molecule has 0 unspecified atom stereocenters. The number of carbonyl (C=O) groups excluding carboxylic acids is 2. The van der Waals surface area contributed by atoms with Gasteiger partial charge in [0.15, 0.2) is 0 Å². The standard InChI is InChI=1S/C17H12F11NO3S/c1-32-10(30)8-6-4-2-3-5-7(6)33-9(8)29-11(31)12(18)13(19,20)15(23,24)17(27,28)16(25,26)14(12,21)22/h2-5H2,1H3,(H,29,31). The van der Waals surface area contributed by atoms with Crippen molar-refractivity contribution in [2.45, 2.75) is 61.0 Å². The molecule has 0 spiro atoms. The number of hydrogen-bond acceptors (Lipinski definition) is 4. The molecule has 2 aliphatic carbocycles. The van der Waals surface area contributed by atoms with Crippen LogP contribution in [0.4, 0.5) is 53.3 Å². The number of esters is 1. The van der Waals surface area contributed by atoms with Crippen LogP contribution in [0.3, 0.4) is 0 Å². The van der Waals surface area contributed by atoms with Crippen molar-refractivity contribution in [1.29, 1.82) is 0 Å². The minimum atomic E-state index is -7.43. The second-order valence-corrected chi connectivity index (χ2v) is 8.50. The molecule has 3 rings (SSSR count). The first-order valence-corrected chi connectivity index (χ1v) is 9.78. The summed E-state index contributed by atoms with van der Waals surface area (Å²) in [6.07, 6.45) is 1.37. The molecule has 1 N–H and O–H groups in total. The zero-order chi connectivity index (χ0) is 25.4. The number of ether oxygens (including phenoxy) is 1. The summed E-state index contributed by atoms with van der Waals surface area (Å²) in [6, 6.07) is 0. The van der Waals surface area contributed by atoms with Crippen LogP contribution in [0, 0.1) is 0 Å². The third-order valence-corrected chi connectivity index (χ3v) is 6.75. The number of fused-ring (bicyclic) bond motifs is 1. The largest absolute Gasteiger partial charge is 0.465 e. The van der Waals surface area contributed by atoms with Gasteiger partial charge < -0.3 is 10.1 Å². The van der Waals surface area contributed by atoms with E-state index in [1.807, 2.05) is 0 Å². The van der Waals surface area contributed by atoms with Crippen molar-refractivity contribution in [1.82, 2.24) is 0 Å². The molecule has 1 amide bonds. The highest BCUT2D eigenvalue weighted by atomic mass is 32.1. The van der Waals surface area contributed by atoms with Crippen LogP contribution in [0.5, 0.6) is 0 Å². The number of hydrogen-bond donors (Lipinski definition) is 1. The van der Waals surface area contributed by atoms with E-state index in [-0.39, 0.29) is 18.4 Å². The zero-order valence-corrected chi connectivity index (χ0v) is 16.9. The van der Waals surface area contributed by atoms with E-state index >= 15 is 0 Å². The summed E-state index contributed by atoms with van der Waals surface area (Å²) in [7, 11) is 0.824. The molecule has 2 aliphatic rings. The number of methoxy groups -OCH3 is 1. The van der Waals surface area contributed by atoms with Gasteiger partial charge in [-0.2, -0.15) is 43.9 Å². The molecule has 1 heterocycles. The molecule has 1 saturated carbocycles. The Hall–Kier alpha value is -2.13. The third-order valence-electron chi connectivity index (χ3n) is 5.54. The fourth-order valence-corrected chi connectivity index (χ4v) is 4.94. The van der Waals surface area contributed by atoms with Crippen molar-refractivity contribution in [2.75, 3.05) is 12.4 Å². The number of nitrogens with one attached hydrogen (secondary N) is 1. The lowest BCUT2D eigenvalue weighted by atomic mass is 9.71. The number of thiophene rings is 1. The maximum Gasteiger partial charge on any atom is 0.384 e. The van der Waals surface area contributed by atoms with Crippen molar-refractivity contribution in [2.24, 2.45) is 0 Å². The predicted octanol–water partition coefficient (Wildman–Crippen LogP) is 5.25. The van der Waals surface area contributed by atoms with E-state index in [1.54, 1.807) is 0 Å². The Kier molecular flexibility index (Phi) is 5.55. The normalized spacial score (nSPS) is 25.6. The third kappa shape index (κ3) is 2.81. The maximum atomic E-state index is 14.9. The van der Waals surface area contributed by atoms with Gasteiger partial charge >= 0.3 is 41.3 Å². The lowest BCUT2D eigenvalue weighted by molar-refractivity contribution is -0.475. The van der Waals surface area contributed by atoms with Gasteiger partial charge in [0.05, 0.1) is 12.7 Å². The summed E-state index contributed by atoms with van der Waals surface area (Å²) in [5, 5.41) is 0.115. The fourth-order valence-electron chi connectivity index (χ4n) is 3.67. The summed E-state index contributed by atoms with van der Waals surface area (Å²) >= 11 is 0.384. The van der Waals surface area contributed by atoms with Crippen LogP contribution in [0.25, 0.3) is 0 Å². The first-order chi connectivity index (χ1) is 14.8. The molecule has 0 aliphatic heterocycles. The summed E-state index contributed by atoms with van der Waals surface area (Å²) in [5.74, 6) is -41.6. The van der Waals surface area contributed by atoms with E-state index in [4.69, 9.17) is 0 Å². The Morgan fingerprint density at radius 1 is 0.788 bits per heavy atom. The number of amides is 1. The molecule has 186 valence electrons. The minimum Gasteiger partial charge on any atom is -0.465 e. The lowest BCUT2D eigenvalue weighted by Crippen LogP contribution is -2.86. The maximum absolute atomic E-state index is 14.9. The summed E-state index contributed by atoms with van der Waals surface area (Å²) in [6.45, 7) is 0. The van der Waals surface area contributed by atoms with Gasteiger partial charge in [0.25, 0.3) is 5.91 Å². The van der Waals surface area contributed by atoms with Gasteiger partial charge in [-0.3, -0.25) is 4.79 Å². The summed E-state index contributed by atoms with van der Waals surface area (Å²) < 4.78 is 157.